The maximum absolute atomic E-state index is 11.5. The third-order valence-corrected chi connectivity index (χ3v) is 3.70. The summed E-state index contributed by atoms with van der Waals surface area (Å²) in [7, 11) is 0. The molecule has 4 nitrogen and oxygen atoms in total. The third-order valence-electron chi connectivity index (χ3n) is 3.70. The molecule has 0 aromatic heterocycles. The third kappa shape index (κ3) is 3.33. The number of hydrogen-bond acceptors (Lipinski definition) is 3. The standard InChI is InChI=1S/C20H15NO3/c21-20(23)18-10-17(11-19(12-18)24-13-22)16-8-6-15(7-9-16)14-4-2-1-3-5-14/h1-13H,(H2,21,23). The van der Waals surface area contributed by atoms with E-state index in [0.717, 1.165) is 22.3 Å². The van der Waals surface area contributed by atoms with Gasteiger partial charge < -0.3 is 10.5 Å². The number of nitrogens with two attached hydrogens (primary N) is 1. The Hall–Kier alpha value is -3.40. The van der Waals surface area contributed by atoms with Crippen LogP contribution >= 0.6 is 0 Å². The number of hydrogen-bond donors (Lipinski definition) is 1. The van der Waals surface area contributed by atoms with Gasteiger partial charge in [-0.2, -0.15) is 0 Å². The lowest BCUT2D eigenvalue weighted by atomic mass is 9.99. The van der Waals surface area contributed by atoms with E-state index in [2.05, 4.69) is 0 Å². The largest absolute Gasteiger partial charge is 0.429 e. The second-order valence-corrected chi connectivity index (χ2v) is 5.27. The molecule has 3 rings (SSSR count). The zero-order valence-electron chi connectivity index (χ0n) is 12.8. The van der Waals surface area contributed by atoms with Crippen LogP contribution in [0.3, 0.4) is 0 Å². The predicted molar refractivity (Wildman–Crippen MR) is 92.5 cm³/mol. The highest BCUT2D eigenvalue weighted by Gasteiger charge is 2.08. The minimum atomic E-state index is -0.575. The lowest BCUT2D eigenvalue weighted by Gasteiger charge is -2.08. The highest BCUT2D eigenvalue weighted by Crippen LogP contribution is 2.28. The van der Waals surface area contributed by atoms with Gasteiger partial charge in [-0.25, -0.2) is 0 Å². The number of benzene rings is 3. The average molecular weight is 317 g/mol. The summed E-state index contributed by atoms with van der Waals surface area (Å²) >= 11 is 0. The van der Waals surface area contributed by atoms with Crippen LogP contribution in [-0.2, 0) is 4.79 Å². The van der Waals surface area contributed by atoms with E-state index >= 15 is 0 Å². The van der Waals surface area contributed by atoms with E-state index in [0.29, 0.717) is 6.47 Å². The fourth-order valence-corrected chi connectivity index (χ4v) is 2.52. The molecule has 118 valence electrons. The molecule has 0 radical (unpaired) electrons. The van der Waals surface area contributed by atoms with Crippen LogP contribution in [0.15, 0.2) is 72.8 Å². The van der Waals surface area contributed by atoms with E-state index in [4.69, 9.17) is 10.5 Å². The first kappa shape index (κ1) is 15.5. The normalized spacial score (nSPS) is 10.2. The fourth-order valence-electron chi connectivity index (χ4n) is 2.52. The van der Waals surface area contributed by atoms with Crippen molar-refractivity contribution in [3.05, 3.63) is 78.4 Å². The molecule has 0 heterocycles. The van der Waals surface area contributed by atoms with Gasteiger partial charge in [0.2, 0.25) is 5.91 Å². The Kier molecular flexibility index (Phi) is 4.38. The van der Waals surface area contributed by atoms with Crippen molar-refractivity contribution in [1.29, 1.82) is 0 Å². The first-order chi connectivity index (χ1) is 11.7. The van der Waals surface area contributed by atoms with Crippen LogP contribution in [0.5, 0.6) is 5.75 Å². The molecular weight excluding hydrogens is 302 g/mol. The molecule has 0 aliphatic rings. The monoisotopic (exact) mass is 317 g/mol. The van der Waals surface area contributed by atoms with Crippen molar-refractivity contribution in [1.82, 2.24) is 0 Å². The number of rotatable bonds is 5. The summed E-state index contributed by atoms with van der Waals surface area (Å²) in [5.74, 6) is -0.294. The molecule has 3 aromatic carbocycles. The summed E-state index contributed by atoms with van der Waals surface area (Å²) in [6.45, 7) is 0.322. The van der Waals surface area contributed by atoms with Crippen molar-refractivity contribution in [2.75, 3.05) is 0 Å². The summed E-state index contributed by atoms with van der Waals surface area (Å²) in [6.07, 6.45) is 0. The lowest BCUT2D eigenvalue weighted by Crippen LogP contribution is -2.11. The van der Waals surface area contributed by atoms with Gasteiger partial charge in [-0.3, -0.25) is 9.59 Å². The second-order valence-electron chi connectivity index (χ2n) is 5.27. The van der Waals surface area contributed by atoms with E-state index in [1.54, 1.807) is 12.1 Å². The SMILES string of the molecule is NC(=O)c1cc(OC=O)cc(-c2ccc(-c3ccccc3)cc2)c1. The first-order valence-electron chi connectivity index (χ1n) is 7.38. The molecule has 0 atom stereocenters. The van der Waals surface area contributed by atoms with Crippen LogP contribution in [0, 0.1) is 0 Å². The molecule has 0 bridgehead atoms. The van der Waals surface area contributed by atoms with Gasteiger partial charge in [0.15, 0.2) is 0 Å². The molecular formula is C20H15NO3. The van der Waals surface area contributed by atoms with Crippen molar-refractivity contribution in [2.45, 2.75) is 0 Å². The lowest BCUT2D eigenvalue weighted by molar-refractivity contribution is -0.120. The Balaban J connectivity index is 1.99. The Morgan fingerprint density at radius 3 is 1.96 bits per heavy atom. The molecule has 0 saturated heterocycles. The van der Waals surface area contributed by atoms with Crippen molar-refractivity contribution < 1.29 is 14.3 Å². The molecule has 0 saturated carbocycles. The highest BCUT2D eigenvalue weighted by molar-refractivity contribution is 5.95. The average Bonchev–Trinajstić information content (AvgIpc) is 2.62. The maximum atomic E-state index is 11.5. The molecule has 3 aromatic rings. The second kappa shape index (κ2) is 6.79. The van der Waals surface area contributed by atoms with Crippen molar-refractivity contribution in [3.63, 3.8) is 0 Å². The number of primary amides is 1. The van der Waals surface area contributed by atoms with Crippen molar-refractivity contribution in [3.8, 4) is 28.0 Å². The summed E-state index contributed by atoms with van der Waals surface area (Å²) in [5, 5.41) is 0. The van der Waals surface area contributed by atoms with Crippen molar-refractivity contribution >= 4 is 12.4 Å². The molecule has 0 aliphatic heterocycles. The van der Waals surface area contributed by atoms with E-state index in [9.17, 15) is 9.59 Å². The Morgan fingerprint density at radius 2 is 1.38 bits per heavy atom. The summed E-state index contributed by atoms with van der Waals surface area (Å²) in [6, 6.07) is 22.8. The smallest absolute Gasteiger partial charge is 0.298 e. The molecule has 4 heteroatoms. The van der Waals surface area contributed by atoms with Gasteiger partial charge in [0.05, 0.1) is 0 Å². The van der Waals surface area contributed by atoms with Crippen LogP contribution in [0.1, 0.15) is 10.4 Å². The molecule has 2 N–H and O–H groups in total. The van der Waals surface area contributed by atoms with E-state index in [1.807, 2.05) is 54.6 Å². The summed E-state index contributed by atoms with van der Waals surface area (Å²) in [5.41, 5.74) is 9.50. The van der Waals surface area contributed by atoms with Gasteiger partial charge >= 0.3 is 0 Å². The number of amides is 1. The number of ether oxygens (including phenoxy) is 1. The number of carbonyl (C=O) groups excluding carboxylic acids is 2. The topological polar surface area (TPSA) is 69.4 Å². The van der Waals surface area contributed by atoms with Crippen molar-refractivity contribution in [2.24, 2.45) is 5.73 Å². The molecule has 0 fully saturated rings. The molecule has 0 spiro atoms. The molecule has 0 aliphatic carbocycles. The quantitative estimate of drug-likeness (QED) is 0.730. The summed E-state index contributed by atoms with van der Waals surface area (Å²) in [4.78, 5) is 22.0. The van der Waals surface area contributed by atoms with E-state index in [-0.39, 0.29) is 11.3 Å². The van der Waals surface area contributed by atoms with Gasteiger partial charge in [0.1, 0.15) is 5.75 Å². The number of carbonyl (C=O) groups is 2. The van der Waals surface area contributed by atoms with Crippen LogP contribution in [0.4, 0.5) is 0 Å². The van der Waals surface area contributed by atoms with Gasteiger partial charge in [0.25, 0.3) is 6.47 Å². The molecule has 1 amide bonds. The molecule has 0 unspecified atom stereocenters. The molecule has 24 heavy (non-hydrogen) atoms. The van der Waals surface area contributed by atoms with Gasteiger partial charge in [-0.1, -0.05) is 54.6 Å². The highest BCUT2D eigenvalue weighted by atomic mass is 16.5. The van der Waals surface area contributed by atoms with Crippen LogP contribution in [-0.4, -0.2) is 12.4 Å². The van der Waals surface area contributed by atoms with Gasteiger partial charge in [0, 0.05) is 5.56 Å². The Morgan fingerprint density at radius 1 is 0.792 bits per heavy atom. The minimum absolute atomic E-state index is 0.281. The van der Waals surface area contributed by atoms with Gasteiger partial charge in [-0.15, -0.1) is 0 Å². The fraction of sp³-hybridized carbons (Fsp3) is 0. The summed E-state index contributed by atoms with van der Waals surface area (Å²) < 4.78 is 4.86. The first-order valence-corrected chi connectivity index (χ1v) is 7.38. The minimum Gasteiger partial charge on any atom is -0.429 e. The van der Waals surface area contributed by atoms with Crippen LogP contribution in [0.25, 0.3) is 22.3 Å². The predicted octanol–water partition coefficient (Wildman–Crippen LogP) is 3.65. The van der Waals surface area contributed by atoms with Crippen LogP contribution in [0.2, 0.25) is 0 Å². The Labute approximate surface area is 139 Å². The zero-order chi connectivity index (χ0) is 16.9. The Bertz CT molecular complexity index is 871. The van der Waals surface area contributed by atoms with E-state index in [1.165, 1.54) is 6.07 Å². The zero-order valence-corrected chi connectivity index (χ0v) is 12.8. The maximum Gasteiger partial charge on any atom is 0.298 e. The van der Waals surface area contributed by atoms with Crippen LogP contribution < -0.4 is 10.5 Å². The van der Waals surface area contributed by atoms with E-state index < -0.39 is 5.91 Å². The van der Waals surface area contributed by atoms with Gasteiger partial charge in [-0.05, 0) is 40.5 Å².